The second kappa shape index (κ2) is 7.38. The van der Waals surface area contributed by atoms with E-state index in [1.807, 2.05) is 0 Å². The van der Waals surface area contributed by atoms with E-state index in [9.17, 15) is 19.2 Å². The zero-order chi connectivity index (χ0) is 19.6. The summed E-state index contributed by atoms with van der Waals surface area (Å²) >= 11 is 0. The summed E-state index contributed by atoms with van der Waals surface area (Å²) in [6, 6.07) is 8.03. The molecule has 1 aliphatic carbocycles. The Labute approximate surface area is 157 Å². The number of imide groups is 1. The predicted molar refractivity (Wildman–Crippen MR) is 95.4 cm³/mol. The van der Waals surface area contributed by atoms with Gasteiger partial charge in [0.2, 0.25) is 6.10 Å². The molecule has 27 heavy (non-hydrogen) atoms. The highest BCUT2D eigenvalue weighted by Crippen LogP contribution is 2.35. The highest BCUT2D eigenvalue weighted by atomic mass is 16.5. The molecule has 0 radical (unpaired) electrons. The van der Waals surface area contributed by atoms with Gasteiger partial charge >= 0.3 is 12.0 Å². The van der Waals surface area contributed by atoms with Crippen LogP contribution in [0.4, 0.5) is 4.79 Å². The summed E-state index contributed by atoms with van der Waals surface area (Å²) in [5.74, 6) is -1.60. The summed E-state index contributed by atoms with van der Waals surface area (Å²) in [4.78, 5) is 51.9. The van der Waals surface area contributed by atoms with Crippen LogP contribution in [0.1, 0.15) is 37.4 Å². The second-order valence-corrected chi connectivity index (χ2v) is 7.12. The number of rotatable bonds is 5. The standard InChI is InChI=1S/C19H23N3O5/c1-21(2)16(24)15(13-8-4-3-5-9-13)27-14(23)12-22-17(25)19(20-18(22)26)10-6-7-11-19/h3-5,8-9,15H,6-7,10-12H2,1-2H3,(H,20,26)/t15-/m0/s1. The molecule has 3 rings (SSSR count). The van der Waals surface area contributed by atoms with E-state index in [0.29, 0.717) is 18.4 Å². The highest BCUT2D eigenvalue weighted by molar-refractivity contribution is 6.08. The number of carbonyl (C=O) groups excluding carboxylic acids is 4. The minimum atomic E-state index is -1.13. The van der Waals surface area contributed by atoms with E-state index in [2.05, 4.69) is 5.32 Å². The third-order valence-corrected chi connectivity index (χ3v) is 5.01. The van der Waals surface area contributed by atoms with Crippen LogP contribution < -0.4 is 5.32 Å². The molecule has 1 spiro atoms. The fraction of sp³-hybridized carbons (Fsp3) is 0.474. The lowest BCUT2D eigenvalue weighted by atomic mass is 9.98. The molecule has 144 valence electrons. The van der Waals surface area contributed by atoms with E-state index in [1.165, 1.54) is 4.90 Å². The maximum Gasteiger partial charge on any atom is 0.327 e. The van der Waals surface area contributed by atoms with Crippen molar-refractivity contribution < 1.29 is 23.9 Å². The van der Waals surface area contributed by atoms with E-state index in [4.69, 9.17) is 4.74 Å². The van der Waals surface area contributed by atoms with Crippen molar-refractivity contribution in [3.8, 4) is 0 Å². The molecule has 0 bridgehead atoms. The van der Waals surface area contributed by atoms with Crippen LogP contribution >= 0.6 is 0 Å². The third kappa shape index (κ3) is 3.65. The number of carbonyl (C=O) groups is 4. The van der Waals surface area contributed by atoms with Gasteiger partial charge in [0.15, 0.2) is 0 Å². The lowest BCUT2D eigenvalue weighted by molar-refractivity contribution is -0.161. The maximum atomic E-state index is 12.6. The van der Waals surface area contributed by atoms with Gasteiger partial charge in [0.1, 0.15) is 12.1 Å². The van der Waals surface area contributed by atoms with E-state index in [0.717, 1.165) is 17.7 Å². The van der Waals surface area contributed by atoms with Crippen molar-refractivity contribution >= 4 is 23.8 Å². The van der Waals surface area contributed by atoms with Gasteiger partial charge in [0.25, 0.3) is 11.8 Å². The Hall–Kier alpha value is -2.90. The van der Waals surface area contributed by atoms with E-state index < -0.39 is 42.0 Å². The molecule has 8 nitrogen and oxygen atoms in total. The van der Waals surface area contributed by atoms with Crippen LogP contribution in [-0.2, 0) is 19.1 Å². The monoisotopic (exact) mass is 373 g/mol. The van der Waals surface area contributed by atoms with Crippen molar-refractivity contribution in [3.63, 3.8) is 0 Å². The van der Waals surface area contributed by atoms with Gasteiger partial charge in [-0.25, -0.2) is 4.79 Å². The van der Waals surface area contributed by atoms with Crippen molar-refractivity contribution in [2.24, 2.45) is 0 Å². The summed E-state index contributed by atoms with van der Waals surface area (Å²) < 4.78 is 5.37. The first kappa shape index (κ1) is 18.9. The highest BCUT2D eigenvalue weighted by Gasteiger charge is 2.53. The molecular weight excluding hydrogens is 350 g/mol. The molecule has 1 aromatic rings. The first-order valence-electron chi connectivity index (χ1n) is 8.94. The average Bonchev–Trinajstić information content (AvgIpc) is 3.21. The number of amides is 4. The van der Waals surface area contributed by atoms with Crippen LogP contribution in [0.5, 0.6) is 0 Å². The third-order valence-electron chi connectivity index (χ3n) is 5.01. The Morgan fingerprint density at radius 2 is 1.81 bits per heavy atom. The van der Waals surface area contributed by atoms with Crippen LogP contribution in [0.15, 0.2) is 30.3 Å². The van der Waals surface area contributed by atoms with Gasteiger partial charge in [-0.3, -0.25) is 19.3 Å². The van der Waals surface area contributed by atoms with Gasteiger partial charge in [-0.15, -0.1) is 0 Å². The zero-order valence-corrected chi connectivity index (χ0v) is 15.4. The van der Waals surface area contributed by atoms with Crippen molar-refractivity contribution in [1.82, 2.24) is 15.1 Å². The Morgan fingerprint density at radius 1 is 1.19 bits per heavy atom. The quantitative estimate of drug-likeness (QED) is 0.618. The van der Waals surface area contributed by atoms with Crippen LogP contribution in [0, 0.1) is 0 Å². The molecule has 8 heteroatoms. The lowest BCUT2D eigenvalue weighted by Gasteiger charge is -2.23. The molecular formula is C19H23N3O5. The van der Waals surface area contributed by atoms with Gasteiger partial charge < -0.3 is 15.0 Å². The number of likely N-dealkylation sites (N-methyl/N-ethyl adjacent to an activating group) is 1. The van der Waals surface area contributed by atoms with E-state index in [-0.39, 0.29) is 0 Å². The topological polar surface area (TPSA) is 96.0 Å². The van der Waals surface area contributed by atoms with E-state index in [1.54, 1.807) is 44.4 Å². The van der Waals surface area contributed by atoms with Crippen molar-refractivity contribution in [3.05, 3.63) is 35.9 Å². The predicted octanol–water partition coefficient (Wildman–Crippen LogP) is 1.22. The Morgan fingerprint density at radius 3 is 2.41 bits per heavy atom. The molecule has 1 saturated carbocycles. The Balaban J connectivity index is 1.72. The number of esters is 1. The van der Waals surface area contributed by atoms with Crippen molar-refractivity contribution in [2.75, 3.05) is 20.6 Å². The van der Waals surface area contributed by atoms with Crippen molar-refractivity contribution in [2.45, 2.75) is 37.3 Å². The number of hydrogen-bond donors (Lipinski definition) is 1. The zero-order valence-electron chi connectivity index (χ0n) is 15.4. The van der Waals surface area contributed by atoms with Crippen LogP contribution in [0.2, 0.25) is 0 Å². The minimum Gasteiger partial charge on any atom is -0.446 e. The molecule has 0 aromatic heterocycles. The summed E-state index contributed by atoms with van der Waals surface area (Å²) in [5.41, 5.74) is -0.357. The normalized spacial score (nSPS) is 19.1. The fourth-order valence-corrected chi connectivity index (χ4v) is 3.56. The minimum absolute atomic E-state index is 0.392. The largest absolute Gasteiger partial charge is 0.446 e. The molecule has 0 unspecified atom stereocenters. The molecule has 1 atom stereocenters. The second-order valence-electron chi connectivity index (χ2n) is 7.12. The maximum absolute atomic E-state index is 12.6. The average molecular weight is 373 g/mol. The molecule has 1 saturated heterocycles. The fourth-order valence-electron chi connectivity index (χ4n) is 3.56. The summed E-state index contributed by atoms with van der Waals surface area (Å²) in [5, 5.41) is 2.71. The molecule has 1 N–H and O–H groups in total. The number of hydrogen-bond acceptors (Lipinski definition) is 5. The smallest absolute Gasteiger partial charge is 0.327 e. The summed E-state index contributed by atoms with van der Waals surface area (Å²) in [6.07, 6.45) is 1.74. The molecule has 1 aliphatic heterocycles. The van der Waals surface area contributed by atoms with Gasteiger partial charge in [-0.05, 0) is 12.8 Å². The first-order chi connectivity index (χ1) is 12.8. The number of ether oxygens (including phenoxy) is 1. The van der Waals surface area contributed by atoms with Gasteiger partial charge in [-0.2, -0.15) is 0 Å². The van der Waals surface area contributed by atoms with Gasteiger partial charge in [-0.1, -0.05) is 43.2 Å². The molecule has 2 fully saturated rings. The number of urea groups is 1. The molecule has 1 heterocycles. The SMILES string of the molecule is CN(C)C(=O)[C@@H](OC(=O)CN1C(=O)NC2(CCCC2)C1=O)c1ccccc1. The van der Waals surface area contributed by atoms with Crippen LogP contribution in [0.3, 0.4) is 0 Å². The molecule has 2 aliphatic rings. The summed E-state index contributed by atoms with van der Waals surface area (Å²) in [6.45, 7) is -0.517. The van der Waals surface area contributed by atoms with Crippen molar-refractivity contribution in [1.29, 1.82) is 0 Å². The number of benzene rings is 1. The molecule has 1 aromatic carbocycles. The van der Waals surface area contributed by atoms with Gasteiger partial charge in [0, 0.05) is 19.7 Å². The number of nitrogens with zero attached hydrogens (tertiary/aromatic N) is 2. The first-order valence-corrected chi connectivity index (χ1v) is 8.94. The van der Waals surface area contributed by atoms with Gasteiger partial charge in [0.05, 0.1) is 0 Å². The number of nitrogens with one attached hydrogen (secondary N) is 1. The Kier molecular flexibility index (Phi) is 5.16. The van der Waals surface area contributed by atoms with E-state index >= 15 is 0 Å². The lowest BCUT2D eigenvalue weighted by Crippen LogP contribution is -2.44. The summed E-state index contributed by atoms with van der Waals surface area (Å²) in [7, 11) is 3.13. The Bertz CT molecular complexity index is 756. The van der Waals surface area contributed by atoms with Crippen LogP contribution in [-0.4, -0.2) is 59.8 Å². The van der Waals surface area contributed by atoms with Crippen LogP contribution in [0.25, 0.3) is 0 Å². The molecule has 4 amide bonds.